The van der Waals surface area contributed by atoms with Crippen LogP contribution in [0.25, 0.3) is 0 Å². The summed E-state index contributed by atoms with van der Waals surface area (Å²) in [6.07, 6.45) is 4.93. The molecular weight excluding hydrogens is 316 g/mol. The van der Waals surface area contributed by atoms with E-state index in [4.69, 9.17) is 9.47 Å². The fourth-order valence-electron chi connectivity index (χ4n) is 2.37. The highest BCUT2D eigenvalue weighted by atomic mass is 16.5. The molecule has 0 saturated heterocycles. The van der Waals surface area contributed by atoms with E-state index in [-0.39, 0.29) is 37.0 Å². The first-order valence-electron chi connectivity index (χ1n) is 8.60. The number of ether oxygens (including phenoxy) is 2. The summed E-state index contributed by atoms with van der Waals surface area (Å²) in [5.74, 6) is -0.502. The van der Waals surface area contributed by atoms with Crippen LogP contribution in [0.15, 0.2) is 49.6 Å². The van der Waals surface area contributed by atoms with Crippen LogP contribution in [0.2, 0.25) is 0 Å². The Bertz CT molecular complexity index is 589. The second-order valence-corrected chi connectivity index (χ2v) is 6.24. The summed E-state index contributed by atoms with van der Waals surface area (Å²) in [6.45, 7) is 11.6. The van der Waals surface area contributed by atoms with Crippen molar-refractivity contribution in [3.63, 3.8) is 0 Å². The van der Waals surface area contributed by atoms with Crippen LogP contribution < -0.4 is 0 Å². The zero-order valence-corrected chi connectivity index (χ0v) is 15.2. The third kappa shape index (κ3) is 7.38. The minimum Gasteiger partial charge on any atom is -0.461 e. The van der Waals surface area contributed by atoms with Gasteiger partial charge < -0.3 is 9.47 Å². The number of allylic oxidation sites excluding steroid dienone is 2. The Balaban J connectivity index is 2.64. The lowest BCUT2D eigenvalue weighted by Gasteiger charge is -2.18. The first-order valence-corrected chi connectivity index (χ1v) is 8.60. The molecule has 1 unspecified atom stereocenters. The van der Waals surface area contributed by atoms with Crippen LogP contribution in [0.4, 0.5) is 0 Å². The van der Waals surface area contributed by atoms with Crippen molar-refractivity contribution in [2.24, 2.45) is 11.8 Å². The molecule has 4 nitrogen and oxygen atoms in total. The maximum Gasteiger partial charge on any atom is 0.309 e. The lowest BCUT2D eigenvalue weighted by atomic mass is 9.93. The number of rotatable bonds is 11. The Kier molecular flexibility index (Phi) is 9.30. The largest absolute Gasteiger partial charge is 0.461 e. The maximum absolute atomic E-state index is 12.3. The molecule has 0 aliphatic heterocycles. The Labute approximate surface area is 150 Å². The van der Waals surface area contributed by atoms with E-state index >= 15 is 0 Å². The topological polar surface area (TPSA) is 52.6 Å². The van der Waals surface area contributed by atoms with Crippen LogP contribution in [-0.2, 0) is 32.3 Å². The van der Waals surface area contributed by atoms with Crippen molar-refractivity contribution < 1.29 is 19.1 Å². The van der Waals surface area contributed by atoms with Gasteiger partial charge in [0.2, 0.25) is 0 Å². The first kappa shape index (κ1) is 20.7. The smallest absolute Gasteiger partial charge is 0.309 e. The van der Waals surface area contributed by atoms with Gasteiger partial charge in [-0.2, -0.15) is 0 Å². The molecule has 1 rings (SSSR count). The van der Waals surface area contributed by atoms with Crippen LogP contribution in [0, 0.1) is 11.8 Å². The molecule has 0 amide bonds. The van der Waals surface area contributed by atoms with Gasteiger partial charge in [0, 0.05) is 6.42 Å². The minimum atomic E-state index is -0.266. The molecule has 0 aliphatic rings. The second-order valence-electron chi connectivity index (χ2n) is 6.24. The van der Waals surface area contributed by atoms with E-state index in [0.717, 1.165) is 11.1 Å². The Morgan fingerprint density at radius 3 is 2.16 bits per heavy atom. The molecule has 1 atom stereocenters. The minimum absolute atomic E-state index is 0.166. The van der Waals surface area contributed by atoms with E-state index < -0.39 is 0 Å². The third-order valence-corrected chi connectivity index (χ3v) is 3.96. The normalized spacial score (nSPS) is 11.6. The molecule has 0 N–H and O–H groups in total. The lowest BCUT2D eigenvalue weighted by Crippen LogP contribution is -2.22. The van der Waals surface area contributed by atoms with E-state index in [2.05, 4.69) is 13.2 Å². The average molecular weight is 344 g/mol. The number of esters is 2. The summed E-state index contributed by atoms with van der Waals surface area (Å²) >= 11 is 0. The van der Waals surface area contributed by atoms with E-state index in [1.54, 1.807) is 12.2 Å². The third-order valence-electron chi connectivity index (χ3n) is 3.96. The van der Waals surface area contributed by atoms with Crippen molar-refractivity contribution in [2.45, 2.75) is 46.3 Å². The Morgan fingerprint density at radius 2 is 1.64 bits per heavy atom. The summed E-state index contributed by atoms with van der Waals surface area (Å²) in [7, 11) is 0. The second kappa shape index (κ2) is 11.2. The van der Waals surface area contributed by atoms with Gasteiger partial charge >= 0.3 is 11.9 Å². The van der Waals surface area contributed by atoms with Gasteiger partial charge in [-0.15, -0.1) is 13.2 Å². The molecule has 25 heavy (non-hydrogen) atoms. The number of hydrogen-bond donors (Lipinski definition) is 0. The number of carbonyl (C=O) groups excluding carboxylic acids is 2. The van der Waals surface area contributed by atoms with E-state index in [1.165, 1.54) is 0 Å². The van der Waals surface area contributed by atoms with Crippen LogP contribution >= 0.6 is 0 Å². The average Bonchev–Trinajstić information content (AvgIpc) is 2.61. The number of carbonyl (C=O) groups is 2. The van der Waals surface area contributed by atoms with Gasteiger partial charge in [-0.1, -0.05) is 50.3 Å². The van der Waals surface area contributed by atoms with Gasteiger partial charge in [0.05, 0.1) is 5.92 Å². The summed E-state index contributed by atoms with van der Waals surface area (Å²) in [6, 6.07) is 7.48. The van der Waals surface area contributed by atoms with Crippen LogP contribution in [0.5, 0.6) is 0 Å². The Morgan fingerprint density at radius 1 is 1.04 bits per heavy atom. The highest BCUT2D eigenvalue weighted by Gasteiger charge is 2.22. The van der Waals surface area contributed by atoms with Crippen LogP contribution in [0.3, 0.4) is 0 Å². The molecule has 1 aromatic rings. The molecule has 4 heteroatoms. The van der Waals surface area contributed by atoms with Gasteiger partial charge in [-0.25, -0.2) is 0 Å². The summed E-state index contributed by atoms with van der Waals surface area (Å²) in [4.78, 5) is 23.9. The zero-order chi connectivity index (χ0) is 18.7. The molecular formula is C21H28O4. The molecule has 0 aromatic heterocycles. The highest BCUT2D eigenvalue weighted by molar-refractivity contribution is 5.73. The van der Waals surface area contributed by atoms with Crippen LogP contribution in [-0.4, -0.2) is 11.9 Å². The highest BCUT2D eigenvalue weighted by Crippen LogP contribution is 2.19. The Hall–Kier alpha value is -2.36. The standard InChI is InChI=1S/C21H28O4/c1-5-7-13-20(22)24-14-17-11-8-9-12-18(17)15-25-21(23)19(10-6-2)16(3)4/h5-6,8-9,11-12,16,19H,1-2,7,10,13-15H2,3-4H3. The molecule has 0 aliphatic carbocycles. The van der Waals surface area contributed by atoms with Crippen molar-refractivity contribution in [3.05, 3.63) is 60.7 Å². The van der Waals surface area contributed by atoms with Crippen molar-refractivity contribution in [3.8, 4) is 0 Å². The molecule has 0 radical (unpaired) electrons. The van der Waals surface area contributed by atoms with Gasteiger partial charge in [0.1, 0.15) is 13.2 Å². The summed E-state index contributed by atoms with van der Waals surface area (Å²) in [5.41, 5.74) is 1.68. The van der Waals surface area contributed by atoms with E-state index in [9.17, 15) is 9.59 Å². The summed E-state index contributed by atoms with van der Waals surface area (Å²) < 4.78 is 10.7. The van der Waals surface area contributed by atoms with Crippen molar-refractivity contribution in [2.75, 3.05) is 0 Å². The quantitative estimate of drug-likeness (QED) is 0.435. The monoisotopic (exact) mass is 344 g/mol. The van der Waals surface area contributed by atoms with Crippen molar-refractivity contribution in [1.29, 1.82) is 0 Å². The lowest BCUT2D eigenvalue weighted by molar-refractivity contribution is -0.151. The van der Waals surface area contributed by atoms with Crippen LogP contribution in [0.1, 0.15) is 44.2 Å². The molecule has 0 bridgehead atoms. The van der Waals surface area contributed by atoms with Gasteiger partial charge in [0.15, 0.2) is 0 Å². The van der Waals surface area contributed by atoms with Gasteiger partial charge in [-0.05, 0) is 29.9 Å². The fraction of sp³-hybridized carbons (Fsp3) is 0.429. The molecule has 0 heterocycles. The maximum atomic E-state index is 12.3. The van der Waals surface area contributed by atoms with Crippen molar-refractivity contribution >= 4 is 11.9 Å². The SMILES string of the molecule is C=CCCC(=O)OCc1ccccc1COC(=O)C(CC=C)C(C)C. The predicted molar refractivity (Wildman–Crippen MR) is 98.6 cm³/mol. The molecule has 0 spiro atoms. The van der Waals surface area contributed by atoms with E-state index in [0.29, 0.717) is 19.3 Å². The van der Waals surface area contributed by atoms with Gasteiger partial charge in [-0.3, -0.25) is 9.59 Å². The first-order chi connectivity index (χ1) is 12.0. The van der Waals surface area contributed by atoms with Gasteiger partial charge in [0.25, 0.3) is 0 Å². The molecule has 136 valence electrons. The van der Waals surface area contributed by atoms with Crippen molar-refractivity contribution in [1.82, 2.24) is 0 Å². The number of hydrogen-bond acceptors (Lipinski definition) is 4. The van der Waals surface area contributed by atoms with E-state index in [1.807, 2.05) is 38.1 Å². The fourth-order valence-corrected chi connectivity index (χ4v) is 2.37. The summed E-state index contributed by atoms with van der Waals surface area (Å²) in [5, 5.41) is 0. The predicted octanol–water partition coefficient (Wildman–Crippen LogP) is 4.59. The zero-order valence-electron chi connectivity index (χ0n) is 15.2. The molecule has 1 aromatic carbocycles. The number of benzene rings is 1. The molecule has 0 saturated carbocycles. The molecule has 0 fully saturated rings.